The molecule has 2 aromatic rings. The first-order valence-corrected chi connectivity index (χ1v) is 6.77. The van der Waals surface area contributed by atoms with Gasteiger partial charge < -0.3 is 9.84 Å². The molecule has 0 aliphatic rings. The first kappa shape index (κ1) is 13.5. The number of ether oxygens (including phenoxy) is 1. The number of aliphatic hydroxyl groups excluding tert-OH is 1. The molecule has 1 N–H and O–H groups in total. The number of nitrogens with zero attached hydrogens (tertiary/aromatic N) is 2. The number of benzene rings is 1. The zero-order valence-corrected chi connectivity index (χ0v) is 12.5. The summed E-state index contributed by atoms with van der Waals surface area (Å²) in [5.41, 5.74) is 0.803. The predicted octanol–water partition coefficient (Wildman–Crippen LogP) is 3.07. The van der Waals surface area contributed by atoms with Gasteiger partial charge in [-0.05, 0) is 55.6 Å². The van der Waals surface area contributed by atoms with E-state index >= 15 is 0 Å². The second kappa shape index (κ2) is 6.26. The van der Waals surface area contributed by atoms with Crippen molar-refractivity contribution < 1.29 is 9.84 Å². The SMILES string of the molecule is OCc1cc(Br)c(OCc2ncccn2)c(Br)c1. The van der Waals surface area contributed by atoms with Gasteiger partial charge in [0.05, 0.1) is 15.6 Å². The Bertz CT molecular complexity index is 512. The summed E-state index contributed by atoms with van der Waals surface area (Å²) >= 11 is 6.81. The molecule has 0 saturated heterocycles. The van der Waals surface area contributed by atoms with Crippen LogP contribution in [0.3, 0.4) is 0 Å². The van der Waals surface area contributed by atoms with E-state index in [9.17, 15) is 0 Å². The number of hydrogen-bond donors (Lipinski definition) is 1. The summed E-state index contributed by atoms with van der Waals surface area (Å²) in [6.45, 7) is 0.274. The minimum Gasteiger partial charge on any atom is -0.483 e. The topological polar surface area (TPSA) is 55.2 Å². The van der Waals surface area contributed by atoms with Gasteiger partial charge in [0.1, 0.15) is 12.4 Å². The Morgan fingerprint density at radius 2 is 1.72 bits per heavy atom. The van der Waals surface area contributed by atoms with Gasteiger partial charge >= 0.3 is 0 Å². The lowest BCUT2D eigenvalue weighted by atomic mass is 10.2. The standard InChI is InChI=1S/C12H10Br2N2O2/c13-9-4-8(6-17)5-10(14)12(9)18-7-11-15-2-1-3-16-11/h1-5,17H,6-7H2. The first-order valence-electron chi connectivity index (χ1n) is 5.18. The van der Waals surface area contributed by atoms with Gasteiger partial charge in [-0.2, -0.15) is 0 Å². The molecule has 0 bridgehead atoms. The Labute approximate surface area is 121 Å². The van der Waals surface area contributed by atoms with E-state index in [1.54, 1.807) is 18.5 Å². The molecule has 18 heavy (non-hydrogen) atoms. The number of rotatable bonds is 4. The molecular formula is C12H10Br2N2O2. The molecule has 6 heteroatoms. The van der Waals surface area contributed by atoms with Crippen LogP contribution >= 0.6 is 31.9 Å². The quantitative estimate of drug-likeness (QED) is 0.894. The van der Waals surface area contributed by atoms with Crippen molar-refractivity contribution in [3.63, 3.8) is 0 Å². The van der Waals surface area contributed by atoms with E-state index in [0.717, 1.165) is 14.5 Å². The molecule has 94 valence electrons. The summed E-state index contributed by atoms with van der Waals surface area (Å²) in [6, 6.07) is 5.38. The summed E-state index contributed by atoms with van der Waals surface area (Å²) in [6.07, 6.45) is 3.34. The highest BCUT2D eigenvalue weighted by atomic mass is 79.9. The van der Waals surface area contributed by atoms with E-state index in [2.05, 4.69) is 41.8 Å². The van der Waals surface area contributed by atoms with Crippen LogP contribution in [0.4, 0.5) is 0 Å². The van der Waals surface area contributed by atoms with Crippen molar-refractivity contribution in [3.05, 3.63) is 50.9 Å². The van der Waals surface area contributed by atoms with E-state index in [0.29, 0.717) is 11.6 Å². The molecule has 0 radical (unpaired) electrons. The van der Waals surface area contributed by atoms with Crippen LogP contribution in [0.1, 0.15) is 11.4 Å². The average molecular weight is 374 g/mol. The zero-order chi connectivity index (χ0) is 13.0. The molecule has 0 saturated carbocycles. The van der Waals surface area contributed by atoms with Crippen LogP contribution in [0.5, 0.6) is 5.75 Å². The van der Waals surface area contributed by atoms with Gasteiger partial charge in [0.25, 0.3) is 0 Å². The van der Waals surface area contributed by atoms with Crippen molar-refractivity contribution in [2.24, 2.45) is 0 Å². The molecule has 2 rings (SSSR count). The maximum absolute atomic E-state index is 9.08. The Morgan fingerprint density at radius 3 is 2.28 bits per heavy atom. The molecule has 4 nitrogen and oxygen atoms in total. The van der Waals surface area contributed by atoms with E-state index in [1.165, 1.54) is 0 Å². The number of aliphatic hydroxyl groups is 1. The maximum atomic E-state index is 9.08. The second-order valence-corrected chi connectivity index (χ2v) is 5.21. The highest BCUT2D eigenvalue weighted by Gasteiger charge is 2.09. The fourth-order valence-corrected chi connectivity index (χ4v) is 2.89. The molecule has 1 aromatic carbocycles. The molecule has 0 amide bonds. The van der Waals surface area contributed by atoms with E-state index in [-0.39, 0.29) is 13.2 Å². The fourth-order valence-electron chi connectivity index (χ4n) is 1.38. The van der Waals surface area contributed by atoms with Gasteiger partial charge in [0.2, 0.25) is 0 Å². The van der Waals surface area contributed by atoms with Gasteiger partial charge in [-0.1, -0.05) is 0 Å². The van der Waals surface area contributed by atoms with Gasteiger partial charge in [-0.15, -0.1) is 0 Å². The van der Waals surface area contributed by atoms with Crippen molar-refractivity contribution in [2.45, 2.75) is 13.2 Å². The van der Waals surface area contributed by atoms with Gasteiger partial charge in [-0.25, -0.2) is 9.97 Å². The fraction of sp³-hybridized carbons (Fsp3) is 0.167. The Morgan fingerprint density at radius 1 is 1.11 bits per heavy atom. The largest absolute Gasteiger partial charge is 0.483 e. The monoisotopic (exact) mass is 372 g/mol. The third-order valence-corrected chi connectivity index (χ3v) is 3.38. The summed E-state index contributed by atoms with van der Waals surface area (Å²) in [4.78, 5) is 8.16. The van der Waals surface area contributed by atoms with Crippen molar-refractivity contribution >= 4 is 31.9 Å². The molecule has 0 spiro atoms. The molecule has 0 aliphatic heterocycles. The van der Waals surface area contributed by atoms with Gasteiger partial charge in [0.15, 0.2) is 5.82 Å². The average Bonchev–Trinajstić information content (AvgIpc) is 2.38. The van der Waals surface area contributed by atoms with Crippen LogP contribution in [0.15, 0.2) is 39.5 Å². The summed E-state index contributed by atoms with van der Waals surface area (Å²) in [7, 11) is 0. The molecule has 1 aromatic heterocycles. The van der Waals surface area contributed by atoms with Crippen LogP contribution in [-0.4, -0.2) is 15.1 Å². The van der Waals surface area contributed by atoms with Gasteiger partial charge in [0, 0.05) is 12.4 Å². The third-order valence-electron chi connectivity index (χ3n) is 2.21. The molecule has 0 aliphatic carbocycles. The van der Waals surface area contributed by atoms with Crippen LogP contribution in [0.2, 0.25) is 0 Å². The Kier molecular flexibility index (Phi) is 4.68. The molecular weight excluding hydrogens is 364 g/mol. The lowest BCUT2D eigenvalue weighted by Gasteiger charge is -2.10. The first-order chi connectivity index (χ1) is 8.70. The zero-order valence-electron chi connectivity index (χ0n) is 9.31. The van der Waals surface area contributed by atoms with Crippen LogP contribution in [0.25, 0.3) is 0 Å². The maximum Gasteiger partial charge on any atom is 0.166 e. The Hall–Kier alpha value is -0.980. The van der Waals surface area contributed by atoms with Crippen molar-refractivity contribution in [1.29, 1.82) is 0 Å². The van der Waals surface area contributed by atoms with Crippen LogP contribution < -0.4 is 4.74 Å². The predicted molar refractivity (Wildman–Crippen MR) is 74.1 cm³/mol. The highest BCUT2D eigenvalue weighted by Crippen LogP contribution is 2.35. The molecule has 0 atom stereocenters. The van der Waals surface area contributed by atoms with Crippen molar-refractivity contribution in [1.82, 2.24) is 9.97 Å². The summed E-state index contributed by atoms with van der Waals surface area (Å²) in [5, 5.41) is 9.08. The van der Waals surface area contributed by atoms with Crippen LogP contribution in [-0.2, 0) is 13.2 Å². The smallest absolute Gasteiger partial charge is 0.166 e. The highest BCUT2D eigenvalue weighted by molar-refractivity contribution is 9.11. The third kappa shape index (κ3) is 3.28. The van der Waals surface area contributed by atoms with Crippen molar-refractivity contribution in [2.75, 3.05) is 0 Å². The molecule has 0 unspecified atom stereocenters. The van der Waals surface area contributed by atoms with Gasteiger partial charge in [-0.3, -0.25) is 0 Å². The number of aromatic nitrogens is 2. The van der Waals surface area contributed by atoms with E-state index in [1.807, 2.05) is 12.1 Å². The van der Waals surface area contributed by atoms with Crippen LogP contribution in [0, 0.1) is 0 Å². The summed E-state index contributed by atoms with van der Waals surface area (Å²) in [5.74, 6) is 1.28. The van der Waals surface area contributed by atoms with E-state index < -0.39 is 0 Å². The number of halogens is 2. The lowest BCUT2D eigenvalue weighted by Crippen LogP contribution is -2.01. The molecule has 0 fully saturated rings. The number of hydrogen-bond acceptors (Lipinski definition) is 4. The second-order valence-electron chi connectivity index (χ2n) is 3.50. The molecule has 1 heterocycles. The minimum atomic E-state index is -0.0146. The summed E-state index contributed by atoms with van der Waals surface area (Å²) < 4.78 is 7.20. The Balaban J connectivity index is 2.15. The van der Waals surface area contributed by atoms with E-state index in [4.69, 9.17) is 9.84 Å². The van der Waals surface area contributed by atoms with Crippen molar-refractivity contribution in [3.8, 4) is 5.75 Å². The lowest BCUT2D eigenvalue weighted by molar-refractivity contribution is 0.279. The minimum absolute atomic E-state index is 0.0146. The normalized spacial score (nSPS) is 10.4.